The highest BCUT2D eigenvalue weighted by Crippen LogP contribution is 2.32. The number of hydrogen-bond acceptors (Lipinski definition) is 2. The second-order valence-electron chi connectivity index (χ2n) is 3.91. The summed E-state index contributed by atoms with van der Waals surface area (Å²) in [6, 6.07) is 9.59. The van der Waals surface area contributed by atoms with Gasteiger partial charge in [-0.25, -0.2) is 0 Å². The van der Waals surface area contributed by atoms with Crippen molar-refractivity contribution in [3.05, 3.63) is 55.1 Å². The molecule has 0 bridgehead atoms. The predicted octanol–water partition coefficient (Wildman–Crippen LogP) is 4.75. The summed E-state index contributed by atoms with van der Waals surface area (Å²) < 4.78 is 1.05. The summed E-state index contributed by atoms with van der Waals surface area (Å²) in [5.41, 5.74) is 2.04. The van der Waals surface area contributed by atoms with Crippen molar-refractivity contribution in [2.75, 3.05) is 0 Å². The minimum absolute atomic E-state index is 0.476. The van der Waals surface area contributed by atoms with E-state index in [9.17, 15) is 5.11 Å². The van der Waals surface area contributed by atoms with Gasteiger partial charge in [-0.3, -0.25) is 0 Å². The van der Waals surface area contributed by atoms with Crippen molar-refractivity contribution in [3.8, 4) is 0 Å². The number of halogens is 2. The van der Waals surface area contributed by atoms with E-state index in [-0.39, 0.29) is 0 Å². The summed E-state index contributed by atoms with van der Waals surface area (Å²) in [5, 5.41) is 10.9. The Bertz CT molecular complexity index is 524. The Balaban J connectivity index is 2.16. The first-order valence-electron chi connectivity index (χ1n) is 5.24. The average Bonchev–Trinajstić information content (AvgIpc) is 2.58. The van der Waals surface area contributed by atoms with Crippen molar-refractivity contribution in [2.45, 2.75) is 19.4 Å². The normalized spacial score (nSPS) is 12.7. The maximum atomic E-state index is 10.2. The molecule has 1 atom stereocenters. The van der Waals surface area contributed by atoms with E-state index in [2.05, 4.69) is 15.9 Å². The molecule has 1 heterocycles. The maximum Gasteiger partial charge on any atom is 0.0841 e. The van der Waals surface area contributed by atoms with Gasteiger partial charge in [-0.2, -0.15) is 0 Å². The van der Waals surface area contributed by atoms with Gasteiger partial charge < -0.3 is 5.11 Å². The van der Waals surface area contributed by atoms with Crippen LogP contribution in [0.5, 0.6) is 0 Å². The van der Waals surface area contributed by atoms with E-state index in [1.54, 1.807) is 11.3 Å². The quantitative estimate of drug-likeness (QED) is 0.860. The lowest BCUT2D eigenvalue weighted by Crippen LogP contribution is -2.01. The zero-order valence-corrected chi connectivity index (χ0v) is 12.4. The third-order valence-electron chi connectivity index (χ3n) is 2.60. The van der Waals surface area contributed by atoms with Crippen LogP contribution in [-0.4, -0.2) is 5.11 Å². The Hall–Kier alpha value is -0.350. The van der Waals surface area contributed by atoms with Gasteiger partial charge in [0.2, 0.25) is 0 Å². The van der Waals surface area contributed by atoms with Gasteiger partial charge in [0.05, 0.1) is 9.89 Å². The molecule has 0 fully saturated rings. The summed E-state index contributed by atoms with van der Waals surface area (Å²) in [6.45, 7) is 2.02. The standard InChI is InChI=1S/C13H12BrClOS/c1-8-11(7-13(14)17-8)12(16)6-9-3-2-4-10(15)5-9/h2-5,7,12,16H,6H2,1H3. The van der Waals surface area contributed by atoms with Crippen molar-refractivity contribution in [1.29, 1.82) is 0 Å². The van der Waals surface area contributed by atoms with Gasteiger partial charge >= 0.3 is 0 Å². The molecule has 1 aromatic carbocycles. The second kappa shape index (κ2) is 5.53. The number of thiophene rings is 1. The lowest BCUT2D eigenvalue weighted by atomic mass is 10.0. The Morgan fingerprint density at radius 2 is 2.18 bits per heavy atom. The lowest BCUT2D eigenvalue weighted by molar-refractivity contribution is 0.178. The van der Waals surface area contributed by atoms with Crippen LogP contribution in [0.15, 0.2) is 34.1 Å². The number of aliphatic hydroxyl groups is 1. The maximum absolute atomic E-state index is 10.2. The molecule has 90 valence electrons. The van der Waals surface area contributed by atoms with Crippen LogP contribution in [-0.2, 0) is 6.42 Å². The molecule has 1 nitrogen and oxygen atoms in total. The van der Waals surface area contributed by atoms with Crippen LogP contribution in [0.25, 0.3) is 0 Å². The van der Waals surface area contributed by atoms with E-state index < -0.39 is 6.10 Å². The molecule has 0 saturated carbocycles. The molecule has 0 aliphatic rings. The van der Waals surface area contributed by atoms with Crippen LogP contribution < -0.4 is 0 Å². The molecule has 0 amide bonds. The Labute approximate surface area is 118 Å². The molecule has 2 rings (SSSR count). The van der Waals surface area contributed by atoms with E-state index in [1.807, 2.05) is 37.3 Å². The third kappa shape index (κ3) is 3.32. The Morgan fingerprint density at radius 1 is 1.41 bits per heavy atom. The minimum Gasteiger partial charge on any atom is -0.388 e. The smallest absolute Gasteiger partial charge is 0.0841 e. The molecule has 2 aromatic rings. The lowest BCUT2D eigenvalue weighted by Gasteiger charge is -2.10. The molecule has 0 saturated heterocycles. The molecular weight excluding hydrogens is 320 g/mol. The van der Waals surface area contributed by atoms with Crippen LogP contribution in [0.3, 0.4) is 0 Å². The van der Waals surface area contributed by atoms with Crippen LogP contribution in [0.1, 0.15) is 22.1 Å². The minimum atomic E-state index is -0.476. The molecule has 0 spiro atoms. The predicted molar refractivity (Wildman–Crippen MR) is 76.9 cm³/mol. The van der Waals surface area contributed by atoms with Crippen LogP contribution >= 0.6 is 38.9 Å². The fraction of sp³-hybridized carbons (Fsp3) is 0.231. The monoisotopic (exact) mass is 330 g/mol. The van der Waals surface area contributed by atoms with Crippen LogP contribution in [0, 0.1) is 6.92 Å². The second-order valence-corrected chi connectivity index (χ2v) is 6.98. The molecule has 0 aliphatic carbocycles. The highest BCUT2D eigenvalue weighted by atomic mass is 79.9. The van der Waals surface area contributed by atoms with Gasteiger partial charge in [-0.15, -0.1) is 11.3 Å². The first-order chi connectivity index (χ1) is 8.06. The number of aliphatic hydroxyl groups excluding tert-OH is 1. The molecule has 1 aromatic heterocycles. The van der Waals surface area contributed by atoms with Gasteiger partial charge in [0.15, 0.2) is 0 Å². The molecule has 0 radical (unpaired) electrons. The molecule has 1 unspecified atom stereocenters. The summed E-state index contributed by atoms with van der Waals surface area (Å²) in [5.74, 6) is 0. The van der Waals surface area contributed by atoms with Gasteiger partial charge in [0.1, 0.15) is 0 Å². The Kier molecular flexibility index (Phi) is 4.26. The van der Waals surface area contributed by atoms with Crippen LogP contribution in [0.4, 0.5) is 0 Å². The van der Waals surface area contributed by atoms with Crippen LogP contribution in [0.2, 0.25) is 5.02 Å². The largest absolute Gasteiger partial charge is 0.388 e. The first kappa shape index (κ1) is 13.1. The van der Waals surface area contributed by atoms with E-state index in [1.165, 1.54) is 0 Å². The zero-order chi connectivity index (χ0) is 12.4. The fourth-order valence-electron chi connectivity index (χ4n) is 1.79. The number of aryl methyl sites for hydroxylation is 1. The van der Waals surface area contributed by atoms with Crippen molar-refractivity contribution in [1.82, 2.24) is 0 Å². The van der Waals surface area contributed by atoms with E-state index in [0.717, 1.165) is 19.8 Å². The summed E-state index contributed by atoms with van der Waals surface area (Å²) in [4.78, 5) is 1.14. The Morgan fingerprint density at radius 3 is 2.76 bits per heavy atom. The zero-order valence-electron chi connectivity index (χ0n) is 9.28. The van der Waals surface area contributed by atoms with Gasteiger partial charge in [0.25, 0.3) is 0 Å². The highest BCUT2D eigenvalue weighted by molar-refractivity contribution is 9.11. The summed E-state index contributed by atoms with van der Waals surface area (Å²) >= 11 is 11.0. The van der Waals surface area contributed by atoms with Crippen molar-refractivity contribution in [2.24, 2.45) is 0 Å². The summed E-state index contributed by atoms with van der Waals surface area (Å²) in [7, 11) is 0. The molecule has 17 heavy (non-hydrogen) atoms. The van der Waals surface area contributed by atoms with Crippen molar-refractivity contribution >= 4 is 38.9 Å². The van der Waals surface area contributed by atoms with E-state index in [4.69, 9.17) is 11.6 Å². The number of hydrogen-bond donors (Lipinski definition) is 1. The highest BCUT2D eigenvalue weighted by Gasteiger charge is 2.14. The number of rotatable bonds is 3. The first-order valence-corrected chi connectivity index (χ1v) is 7.23. The van der Waals surface area contributed by atoms with E-state index >= 15 is 0 Å². The molecule has 0 aliphatic heterocycles. The molecule has 1 N–H and O–H groups in total. The molecule has 4 heteroatoms. The SMILES string of the molecule is Cc1sc(Br)cc1C(O)Cc1cccc(Cl)c1. The fourth-order valence-corrected chi connectivity index (χ4v) is 3.77. The molecular formula is C13H12BrClOS. The van der Waals surface area contributed by atoms with Crippen molar-refractivity contribution in [3.63, 3.8) is 0 Å². The topological polar surface area (TPSA) is 20.2 Å². The van der Waals surface area contributed by atoms with Crippen molar-refractivity contribution < 1.29 is 5.11 Å². The average molecular weight is 332 g/mol. The summed E-state index contributed by atoms with van der Waals surface area (Å²) in [6.07, 6.45) is 0.112. The third-order valence-corrected chi connectivity index (χ3v) is 4.41. The number of benzene rings is 1. The van der Waals surface area contributed by atoms with Gasteiger partial charge in [-0.1, -0.05) is 23.7 Å². The van der Waals surface area contributed by atoms with Gasteiger partial charge in [-0.05, 0) is 52.2 Å². The van der Waals surface area contributed by atoms with Gasteiger partial charge in [0, 0.05) is 16.3 Å². The van der Waals surface area contributed by atoms with E-state index in [0.29, 0.717) is 11.4 Å².